The van der Waals surface area contributed by atoms with E-state index in [2.05, 4.69) is 97.9 Å². The first kappa shape index (κ1) is 14.9. The van der Waals surface area contributed by atoms with Crippen molar-refractivity contribution in [2.24, 2.45) is 0 Å². The van der Waals surface area contributed by atoms with E-state index in [0.717, 1.165) is 0 Å². The molecule has 0 N–H and O–H groups in total. The molecule has 2 atom stereocenters. The van der Waals surface area contributed by atoms with Crippen LogP contribution in [0.4, 0.5) is 0 Å². The summed E-state index contributed by atoms with van der Waals surface area (Å²) in [5.41, 5.74) is 2.77. The van der Waals surface area contributed by atoms with E-state index < -0.39 is 0 Å². The normalized spacial score (nSPS) is 13.5. The van der Waals surface area contributed by atoms with E-state index in [4.69, 9.17) is 0 Å². The zero-order chi connectivity index (χ0) is 15.2. The van der Waals surface area contributed by atoms with Crippen LogP contribution in [0.5, 0.6) is 0 Å². The largest absolute Gasteiger partial charge is 0.117 e. The van der Waals surface area contributed by atoms with Crippen LogP contribution >= 0.6 is 11.8 Å². The fourth-order valence-electron chi connectivity index (χ4n) is 2.68. The SMILES string of the molecule is C[C@H](c1ccccc1)[C@H](Sc1ccccc1)c1ccccc1. The van der Waals surface area contributed by atoms with Crippen molar-refractivity contribution < 1.29 is 0 Å². The van der Waals surface area contributed by atoms with Crippen LogP contribution in [0.1, 0.15) is 29.2 Å². The highest BCUT2D eigenvalue weighted by Crippen LogP contribution is 2.44. The number of benzene rings is 3. The Bertz CT molecular complexity index is 677. The van der Waals surface area contributed by atoms with Gasteiger partial charge in [0.25, 0.3) is 0 Å². The molecule has 22 heavy (non-hydrogen) atoms. The van der Waals surface area contributed by atoms with Gasteiger partial charge in [0.05, 0.1) is 0 Å². The van der Waals surface area contributed by atoms with Crippen LogP contribution in [-0.4, -0.2) is 0 Å². The molecule has 3 aromatic rings. The Hall–Kier alpha value is -1.99. The second kappa shape index (κ2) is 7.33. The molecular formula is C21H20S. The third-order valence-electron chi connectivity index (χ3n) is 3.91. The lowest BCUT2D eigenvalue weighted by atomic mass is 9.93. The van der Waals surface area contributed by atoms with Crippen LogP contribution in [0.15, 0.2) is 95.9 Å². The van der Waals surface area contributed by atoms with Gasteiger partial charge in [-0.25, -0.2) is 0 Å². The average molecular weight is 304 g/mol. The number of hydrogen-bond acceptors (Lipinski definition) is 1. The first-order valence-electron chi connectivity index (χ1n) is 7.66. The lowest BCUT2D eigenvalue weighted by Gasteiger charge is -2.24. The molecule has 1 heteroatoms. The molecule has 0 saturated heterocycles. The molecule has 0 radical (unpaired) electrons. The summed E-state index contributed by atoms with van der Waals surface area (Å²) in [7, 11) is 0. The Kier molecular flexibility index (Phi) is 4.97. The lowest BCUT2D eigenvalue weighted by molar-refractivity contribution is 0.741. The molecule has 3 rings (SSSR count). The quantitative estimate of drug-likeness (QED) is 0.497. The molecule has 0 amide bonds. The predicted molar refractivity (Wildman–Crippen MR) is 96.3 cm³/mol. The van der Waals surface area contributed by atoms with E-state index >= 15 is 0 Å². The number of hydrogen-bond donors (Lipinski definition) is 0. The minimum Gasteiger partial charge on any atom is -0.117 e. The monoisotopic (exact) mass is 304 g/mol. The molecule has 0 saturated carbocycles. The van der Waals surface area contributed by atoms with Crippen molar-refractivity contribution in [2.75, 3.05) is 0 Å². The van der Waals surface area contributed by atoms with Crippen LogP contribution in [0, 0.1) is 0 Å². The van der Waals surface area contributed by atoms with Crippen molar-refractivity contribution in [3.8, 4) is 0 Å². The maximum Gasteiger partial charge on any atom is 0.0410 e. The topological polar surface area (TPSA) is 0 Å². The van der Waals surface area contributed by atoms with E-state index in [0.29, 0.717) is 11.2 Å². The Labute approximate surface area is 137 Å². The van der Waals surface area contributed by atoms with Gasteiger partial charge in [0.15, 0.2) is 0 Å². The third kappa shape index (κ3) is 3.61. The Morgan fingerprint density at radius 2 is 1.05 bits per heavy atom. The molecule has 0 fully saturated rings. The third-order valence-corrected chi connectivity index (χ3v) is 5.39. The van der Waals surface area contributed by atoms with Gasteiger partial charge in [-0.15, -0.1) is 11.8 Å². The summed E-state index contributed by atoms with van der Waals surface area (Å²) in [6.45, 7) is 2.32. The summed E-state index contributed by atoms with van der Waals surface area (Å²) in [5.74, 6) is 0.453. The van der Waals surface area contributed by atoms with Crippen LogP contribution in [-0.2, 0) is 0 Å². The first-order chi connectivity index (χ1) is 10.8. The average Bonchev–Trinajstić information content (AvgIpc) is 2.61. The van der Waals surface area contributed by atoms with E-state index in [1.54, 1.807) is 0 Å². The minimum absolute atomic E-state index is 0.408. The van der Waals surface area contributed by atoms with Crippen molar-refractivity contribution in [1.29, 1.82) is 0 Å². The molecule has 0 aliphatic heterocycles. The van der Waals surface area contributed by atoms with E-state index in [-0.39, 0.29) is 0 Å². The molecule has 0 aliphatic carbocycles. The van der Waals surface area contributed by atoms with Crippen LogP contribution in [0.25, 0.3) is 0 Å². The van der Waals surface area contributed by atoms with E-state index in [1.165, 1.54) is 16.0 Å². The summed E-state index contributed by atoms with van der Waals surface area (Å²) in [6.07, 6.45) is 0. The zero-order valence-corrected chi connectivity index (χ0v) is 13.5. The lowest BCUT2D eigenvalue weighted by Crippen LogP contribution is -2.05. The highest BCUT2D eigenvalue weighted by atomic mass is 32.2. The van der Waals surface area contributed by atoms with Gasteiger partial charge in [-0.3, -0.25) is 0 Å². The smallest absolute Gasteiger partial charge is 0.0410 e. The Morgan fingerprint density at radius 1 is 0.591 bits per heavy atom. The maximum absolute atomic E-state index is 2.32. The van der Waals surface area contributed by atoms with Gasteiger partial charge < -0.3 is 0 Å². The van der Waals surface area contributed by atoms with Gasteiger partial charge in [-0.2, -0.15) is 0 Å². The molecule has 110 valence electrons. The Balaban J connectivity index is 1.93. The first-order valence-corrected chi connectivity index (χ1v) is 8.54. The summed E-state index contributed by atoms with van der Waals surface area (Å²) in [5, 5.41) is 0.408. The van der Waals surface area contributed by atoms with Gasteiger partial charge in [0, 0.05) is 10.1 Å². The molecule has 0 nitrogen and oxygen atoms in total. The molecular weight excluding hydrogens is 284 g/mol. The van der Waals surface area contributed by atoms with Crippen molar-refractivity contribution >= 4 is 11.8 Å². The van der Waals surface area contributed by atoms with Crippen LogP contribution in [0.2, 0.25) is 0 Å². The zero-order valence-electron chi connectivity index (χ0n) is 12.7. The summed E-state index contributed by atoms with van der Waals surface area (Å²) < 4.78 is 0. The van der Waals surface area contributed by atoms with Crippen LogP contribution in [0.3, 0.4) is 0 Å². The molecule has 0 heterocycles. The second-order valence-corrected chi connectivity index (χ2v) is 6.68. The fourth-order valence-corrected chi connectivity index (χ4v) is 3.94. The van der Waals surface area contributed by atoms with E-state index in [1.807, 2.05) is 11.8 Å². The van der Waals surface area contributed by atoms with Gasteiger partial charge in [0.2, 0.25) is 0 Å². The molecule has 0 unspecified atom stereocenters. The molecule has 3 aromatic carbocycles. The maximum atomic E-state index is 2.32. The summed E-state index contributed by atoms with van der Waals surface area (Å²) in [6, 6.07) is 32.3. The van der Waals surface area contributed by atoms with E-state index in [9.17, 15) is 0 Å². The summed E-state index contributed by atoms with van der Waals surface area (Å²) in [4.78, 5) is 1.32. The van der Waals surface area contributed by atoms with Gasteiger partial charge in [-0.05, 0) is 29.2 Å². The van der Waals surface area contributed by atoms with Crippen molar-refractivity contribution in [1.82, 2.24) is 0 Å². The molecule has 0 spiro atoms. The van der Waals surface area contributed by atoms with Gasteiger partial charge >= 0.3 is 0 Å². The molecule has 0 aromatic heterocycles. The molecule has 0 aliphatic rings. The predicted octanol–water partition coefficient (Wildman–Crippen LogP) is 6.32. The van der Waals surface area contributed by atoms with Gasteiger partial charge in [0.1, 0.15) is 0 Å². The van der Waals surface area contributed by atoms with Crippen molar-refractivity contribution in [3.63, 3.8) is 0 Å². The minimum atomic E-state index is 0.408. The summed E-state index contributed by atoms with van der Waals surface area (Å²) >= 11 is 1.94. The molecule has 0 bridgehead atoms. The second-order valence-electron chi connectivity index (χ2n) is 5.46. The number of rotatable bonds is 5. The van der Waals surface area contributed by atoms with Crippen molar-refractivity contribution in [3.05, 3.63) is 102 Å². The number of thioether (sulfide) groups is 1. The van der Waals surface area contributed by atoms with Crippen molar-refractivity contribution in [2.45, 2.75) is 23.0 Å². The Morgan fingerprint density at radius 3 is 1.59 bits per heavy atom. The fraction of sp³-hybridized carbons (Fsp3) is 0.143. The van der Waals surface area contributed by atoms with Crippen LogP contribution < -0.4 is 0 Å². The highest BCUT2D eigenvalue weighted by molar-refractivity contribution is 7.99. The standard InChI is InChI=1S/C21H20S/c1-17(18-11-5-2-6-12-18)21(19-13-7-3-8-14-19)22-20-15-9-4-10-16-20/h2-17,21H,1H3/t17-,21+/m1/s1. The van der Waals surface area contributed by atoms with Gasteiger partial charge in [-0.1, -0.05) is 85.8 Å². The highest BCUT2D eigenvalue weighted by Gasteiger charge is 2.21.